The molecule has 0 N–H and O–H groups in total. The standard InChI is InChI=1S/C18H14Br2N4S3/c19-12-2-6-14(7-3-12)23-16(25)21-10-1-11-22-17(26)24(27(23)18(21)22)15-8-4-13(20)5-9-15/h2-9H,1,10-11H2. The van der Waals surface area contributed by atoms with Crippen LogP contribution in [0.2, 0.25) is 0 Å². The monoisotopic (exact) mass is 540 g/mol. The van der Waals surface area contributed by atoms with E-state index in [4.69, 9.17) is 24.4 Å². The van der Waals surface area contributed by atoms with Crippen LogP contribution in [0.25, 0.3) is 0 Å². The molecule has 1 saturated heterocycles. The van der Waals surface area contributed by atoms with E-state index in [1.165, 1.54) is 5.11 Å². The highest BCUT2D eigenvalue weighted by Crippen LogP contribution is 2.48. The van der Waals surface area contributed by atoms with E-state index >= 15 is 0 Å². The molecule has 3 aliphatic heterocycles. The van der Waals surface area contributed by atoms with Crippen LogP contribution in [0.5, 0.6) is 0 Å². The lowest BCUT2D eigenvalue weighted by atomic mass is 10.3. The van der Waals surface area contributed by atoms with Gasteiger partial charge in [0.25, 0.3) is 0 Å². The lowest BCUT2D eigenvalue weighted by Crippen LogP contribution is -2.53. The van der Waals surface area contributed by atoms with E-state index in [2.05, 4.69) is 98.8 Å². The van der Waals surface area contributed by atoms with Crippen LogP contribution in [0, 0.1) is 0 Å². The number of nitrogens with zero attached hydrogens (tertiary/aromatic N) is 4. The highest BCUT2D eigenvalue weighted by atomic mass is 79.9. The van der Waals surface area contributed by atoms with Crippen LogP contribution in [-0.4, -0.2) is 38.2 Å². The van der Waals surface area contributed by atoms with Crippen molar-refractivity contribution in [3.63, 3.8) is 0 Å². The summed E-state index contributed by atoms with van der Waals surface area (Å²) in [5.41, 5.74) is 2.17. The zero-order chi connectivity index (χ0) is 18.7. The zero-order valence-electron chi connectivity index (χ0n) is 14.0. The summed E-state index contributed by atoms with van der Waals surface area (Å²) in [4.78, 5) is 4.52. The van der Waals surface area contributed by atoms with Crippen LogP contribution in [0.3, 0.4) is 0 Å². The lowest BCUT2D eigenvalue weighted by Gasteiger charge is -2.37. The van der Waals surface area contributed by atoms with Crippen LogP contribution < -0.4 is 8.61 Å². The first kappa shape index (κ1) is 18.1. The van der Waals surface area contributed by atoms with Gasteiger partial charge >= 0.3 is 0 Å². The van der Waals surface area contributed by atoms with Crippen molar-refractivity contribution in [3.8, 4) is 0 Å². The summed E-state index contributed by atoms with van der Waals surface area (Å²) in [7, 11) is -0.405. The molecular formula is C18H14Br2N4S3. The molecule has 0 bridgehead atoms. The Kier molecular flexibility index (Phi) is 4.55. The van der Waals surface area contributed by atoms with Gasteiger partial charge in [-0.2, -0.15) is 0 Å². The number of thiocarbonyl (C=S) groups is 2. The minimum atomic E-state index is -0.405. The molecule has 3 aliphatic rings. The minimum Gasteiger partial charge on any atom is -0.296 e. The largest absolute Gasteiger partial charge is 0.296 e. The fourth-order valence-electron chi connectivity index (χ4n) is 3.46. The van der Waals surface area contributed by atoms with Crippen LogP contribution in [0.4, 0.5) is 11.4 Å². The number of hydrogen-bond acceptors (Lipinski definition) is 2. The molecular weight excluding hydrogens is 528 g/mol. The fraction of sp³-hybridized carbons (Fsp3) is 0.167. The Balaban J connectivity index is 1.68. The van der Waals surface area contributed by atoms with Gasteiger partial charge in [-0.25, -0.2) is 8.61 Å². The van der Waals surface area contributed by atoms with Crippen molar-refractivity contribution in [1.82, 2.24) is 9.80 Å². The van der Waals surface area contributed by atoms with Gasteiger partial charge < -0.3 is 0 Å². The molecule has 0 atom stereocenters. The van der Waals surface area contributed by atoms with E-state index in [9.17, 15) is 0 Å². The van der Waals surface area contributed by atoms with Crippen molar-refractivity contribution >= 4 is 93.9 Å². The fourth-order valence-corrected chi connectivity index (χ4v) is 7.47. The summed E-state index contributed by atoms with van der Waals surface area (Å²) in [5.74, 6) is 0. The molecule has 0 radical (unpaired) electrons. The second-order valence-corrected chi connectivity index (χ2v) is 10.5. The van der Waals surface area contributed by atoms with Gasteiger partial charge in [-0.3, -0.25) is 9.80 Å². The molecule has 0 spiro atoms. The first-order valence-corrected chi connectivity index (χ1v) is 12.0. The number of anilines is 2. The summed E-state index contributed by atoms with van der Waals surface area (Å²) in [6.45, 7) is 1.88. The van der Waals surface area contributed by atoms with Crippen molar-refractivity contribution in [1.29, 1.82) is 0 Å². The summed E-state index contributed by atoms with van der Waals surface area (Å²) < 4.78 is 6.60. The molecule has 0 amide bonds. The predicted molar refractivity (Wildman–Crippen MR) is 129 cm³/mol. The maximum absolute atomic E-state index is 5.90. The smallest absolute Gasteiger partial charge is 0.193 e. The van der Waals surface area contributed by atoms with Crippen molar-refractivity contribution in [2.24, 2.45) is 0 Å². The lowest BCUT2D eigenvalue weighted by molar-refractivity contribution is 0.424. The summed E-state index contributed by atoms with van der Waals surface area (Å²) >= 11 is 18.9. The van der Waals surface area contributed by atoms with Gasteiger partial charge in [0.15, 0.2) is 15.3 Å². The summed E-state index contributed by atoms with van der Waals surface area (Å²) in [5, 5.41) is 2.91. The van der Waals surface area contributed by atoms with Gasteiger partial charge in [-0.15, -0.1) is 0 Å². The molecule has 4 nitrogen and oxygen atoms in total. The molecule has 9 heteroatoms. The van der Waals surface area contributed by atoms with Crippen molar-refractivity contribution in [3.05, 3.63) is 57.5 Å². The van der Waals surface area contributed by atoms with E-state index in [-0.39, 0.29) is 0 Å². The van der Waals surface area contributed by atoms with E-state index in [1.807, 2.05) is 0 Å². The molecule has 27 heavy (non-hydrogen) atoms. The van der Waals surface area contributed by atoms with Gasteiger partial charge in [0, 0.05) is 22.0 Å². The van der Waals surface area contributed by atoms with E-state index < -0.39 is 10.9 Å². The SMILES string of the molecule is S=C1N2CCCN3C(=S)N(c4ccc(Br)cc4)S(=C23)N1c1ccc(Br)cc1. The quantitative estimate of drug-likeness (QED) is 0.474. The second-order valence-electron chi connectivity index (χ2n) is 6.31. The van der Waals surface area contributed by atoms with Gasteiger partial charge in [0.05, 0.1) is 22.2 Å². The molecule has 3 heterocycles. The highest BCUT2D eigenvalue weighted by Gasteiger charge is 2.49. The average Bonchev–Trinajstić information content (AvgIpc) is 3.13. The van der Waals surface area contributed by atoms with Gasteiger partial charge in [-0.05, 0) is 79.4 Å². The average molecular weight is 542 g/mol. The summed E-state index contributed by atoms with van der Waals surface area (Å²) in [6.07, 6.45) is 1.04. The zero-order valence-corrected chi connectivity index (χ0v) is 19.6. The third-order valence-corrected chi connectivity index (χ3v) is 8.99. The van der Waals surface area contributed by atoms with Crippen molar-refractivity contribution < 1.29 is 0 Å². The van der Waals surface area contributed by atoms with Crippen LogP contribution >= 0.6 is 67.2 Å². The van der Waals surface area contributed by atoms with Crippen molar-refractivity contribution in [2.75, 3.05) is 21.7 Å². The maximum Gasteiger partial charge on any atom is 0.193 e. The Morgan fingerprint density at radius 3 is 1.52 bits per heavy atom. The molecule has 2 aromatic carbocycles. The number of halogens is 2. The number of hydrogen-bond donors (Lipinski definition) is 0. The van der Waals surface area contributed by atoms with Gasteiger partial charge in [-0.1, -0.05) is 31.9 Å². The Labute approximate surface area is 188 Å². The Morgan fingerprint density at radius 2 is 1.11 bits per heavy atom. The number of benzene rings is 2. The van der Waals surface area contributed by atoms with Crippen molar-refractivity contribution in [2.45, 2.75) is 6.42 Å². The Hall–Kier alpha value is -1.00. The molecule has 0 unspecified atom stereocenters. The first-order valence-electron chi connectivity index (χ1n) is 8.42. The van der Waals surface area contributed by atoms with E-state index in [0.29, 0.717) is 0 Å². The molecule has 2 aromatic rings. The highest BCUT2D eigenvalue weighted by molar-refractivity contribution is 9.10. The molecule has 0 saturated carbocycles. The second kappa shape index (κ2) is 6.81. The normalized spacial score (nSPS) is 19.4. The topological polar surface area (TPSA) is 13.0 Å². The number of rotatable bonds is 2. The van der Waals surface area contributed by atoms with E-state index in [0.717, 1.165) is 50.1 Å². The molecule has 0 aromatic heterocycles. The predicted octanol–water partition coefficient (Wildman–Crippen LogP) is 5.32. The van der Waals surface area contributed by atoms with Gasteiger partial charge in [0.1, 0.15) is 0 Å². The first-order chi connectivity index (χ1) is 13.1. The van der Waals surface area contributed by atoms with Crippen LogP contribution in [0.1, 0.15) is 6.42 Å². The third kappa shape index (κ3) is 2.78. The maximum atomic E-state index is 5.90. The van der Waals surface area contributed by atoms with E-state index in [1.54, 1.807) is 0 Å². The minimum absolute atomic E-state index is 0.405. The van der Waals surface area contributed by atoms with Crippen LogP contribution in [0.15, 0.2) is 57.5 Å². The van der Waals surface area contributed by atoms with Crippen LogP contribution in [-0.2, 0) is 0 Å². The summed E-state index contributed by atoms with van der Waals surface area (Å²) in [6, 6.07) is 16.6. The molecule has 138 valence electrons. The Bertz CT molecular complexity index is 913. The molecule has 0 aliphatic carbocycles. The Morgan fingerprint density at radius 1 is 0.704 bits per heavy atom. The molecule has 5 rings (SSSR count). The molecule has 1 fully saturated rings. The van der Waals surface area contributed by atoms with Gasteiger partial charge in [0.2, 0.25) is 0 Å². The third-order valence-electron chi connectivity index (χ3n) is 4.67.